The van der Waals surface area contributed by atoms with Gasteiger partial charge in [-0.2, -0.15) is 0 Å². The monoisotopic (exact) mass is 611 g/mol. The van der Waals surface area contributed by atoms with Crippen LogP contribution in [0.4, 0.5) is 17.1 Å². The van der Waals surface area contributed by atoms with Crippen molar-refractivity contribution in [2.75, 3.05) is 4.90 Å². The standard InChI is InChI=1S/C46H29NO/c1-2-14-30(15-3-1)35-26-27-41(45-40-24-12-13-25-44(40)48-46(35)45)47(42-28-31-16-4-6-18-33(31)36-20-8-10-22-38(36)42)43-29-32-17-5-7-19-34(32)37-21-9-11-23-39(37)43/h1-29H. The van der Waals surface area contributed by atoms with Crippen molar-refractivity contribution in [3.63, 3.8) is 0 Å². The zero-order valence-electron chi connectivity index (χ0n) is 26.1. The van der Waals surface area contributed by atoms with Crippen molar-refractivity contribution >= 4 is 82.1 Å². The Morgan fingerprint density at radius 1 is 0.354 bits per heavy atom. The SMILES string of the molecule is c1ccc(-c2ccc(N(c3cc4ccccc4c4ccccc34)c3cc4ccccc4c4ccccc34)c3c2oc2ccccc23)cc1. The Labute approximate surface area is 277 Å². The van der Waals surface area contributed by atoms with Crippen LogP contribution in [-0.4, -0.2) is 0 Å². The molecule has 10 aromatic rings. The minimum Gasteiger partial charge on any atom is -0.455 e. The maximum atomic E-state index is 6.79. The molecule has 0 saturated carbocycles. The Kier molecular flexibility index (Phi) is 5.91. The van der Waals surface area contributed by atoms with Crippen molar-refractivity contribution in [3.8, 4) is 11.1 Å². The van der Waals surface area contributed by atoms with Crippen LogP contribution >= 0.6 is 0 Å². The van der Waals surface area contributed by atoms with Gasteiger partial charge in [-0.3, -0.25) is 0 Å². The number of hydrogen-bond donors (Lipinski definition) is 0. The summed E-state index contributed by atoms with van der Waals surface area (Å²) in [5, 5.41) is 12.0. The molecule has 1 heterocycles. The lowest BCUT2D eigenvalue weighted by Crippen LogP contribution is -2.12. The number of nitrogens with zero attached hydrogens (tertiary/aromatic N) is 1. The van der Waals surface area contributed by atoms with Gasteiger partial charge in [-0.15, -0.1) is 0 Å². The molecule has 224 valence electrons. The summed E-state index contributed by atoms with van der Waals surface area (Å²) in [5.74, 6) is 0. The third-order valence-corrected chi connectivity index (χ3v) is 9.80. The molecule has 0 atom stereocenters. The molecular formula is C46H29NO. The molecular weight excluding hydrogens is 583 g/mol. The summed E-state index contributed by atoms with van der Waals surface area (Å²) < 4.78 is 6.79. The van der Waals surface area contributed by atoms with Gasteiger partial charge in [0.15, 0.2) is 0 Å². The van der Waals surface area contributed by atoms with Gasteiger partial charge in [0.2, 0.25) is 0 Å². The first kappa shape index (κ1) is 26.8. The molecule has 0 aliphatic heterocycles. The van der Waals surface area contributed by atoms with Gasteiger partial charge in [0.1, 0.15) is 11.2 Å². The Balaban J connectivity index is 1.41. The average molecular weight is 612 g/mol. The van der Waals surface area contributed by atoms with Crippen LogP contribution in [0.25, 0.3) is 76.2 Å². The molecule has 2 heteroatoms. The normalized spacial score (nSPS) is 11.8. The first-order valence-electron chi connectivity index (χ1n) is 16.4. The highest BCUT2D eigenvalue weighted by atomic mass is 16.3. The van der Waals surface area contributed by atoms with E-state index >= 15 is 0 Å². The van der Waals surface area contributed by atoms with Gasteiger partial charge >= 0.3 is 0 Å². The fourth-order valence-corrected chi connectivity index (χ4v) is 7.67. The fraction of sp³-hybridized carbons (Fsp3) is 0. The third-order valence-electron chi connectivity index (χ3n) is 9.80. The number of rotatable bonds is 4. The average Bonchev–Trinajstić information content (AvgIpc) is 3.55. The highest BCUT2D eigenvalue weighted by Gasteiger charge is 2.25. The van der Waals surface area contributed by atoms with Gasteiger partial charge in [0.05, 0.1) is 22.4 Å². The predicted molar refractivity (Wildman–Crippen MR) is 204 cm³/mol. The molecule has 2 nitrogen and oxygen atoms in total. The highest BCUT2D eigenvalue weighted by Crippen LogP contribution is 2.50. The molecule has 0 unspecified atom stereocenters. The van der Waals surface area contributed by atoms with E-state index in [2.05, 4.69) is 181 Å². The van der Waals surface area contributed by atoms with E-state index in [1.165, 1.54) is 43.1 Å². The highest BCUT2D eigenvalue weighted by molar-refractivity contribution is 6.23. The molecule has 0 amide bonds. The summed E-state index contributed by atoms with van der Waals surface area (Å²) in [5.41, 5.74) is 7.32. The summed E-state index contributed by atoms with van der Waals surface area (Å²) in [6.07, 6.45) is 0. The van der Waals surface area contributed by atoms with Gasteiger partial charge in [0.25, 0.3) is 0 Å². The minimum absolute atomic E-state index is 0.879. The lowest BCUT2D eigenvalue weighted by molar-refractivity contribution is 0.670. The van der Waals surface area contributed by atoms with Crippen molar-refractivity contribution in [2.24, 2.45) is 0 Å². The quantitative estimate of drug-likeness (QED) is 0.184. The molecule has 10 rings (SSSR count). The van der Waals surface area contributed by atoms with Gasteiger partial charge in [-0.1, -0.05) is 146 Å². The van der Waals surface area contributed by atoms with E-state index in [1.807, 2.05) is 0 Å². The van der Waals surface area contributed by atoms with Crippen LogP contribution in [-0.2, 0) is 0 Å². The van der Waals surface area contributed by atoms with Crippen LogP contribution in [0.2, 0.25) is 0 Å². The molecule has 0 saturated heterocycles. The summed E-state index contributed by atoms with van der Waals surface area (Å²) in [6.45, 7) is 0. The molecule has 1 aromatic heterocycles. The second kappa shape index (κ2) is 10.6. The van der Waals surface area contributed by atoms with E-state index in [-0.39, 0.29) is 0 Å². The van der Waals surface area contributed by atoms with Gasteiger partial charge < -0.3 is 9.32 Å². The largest absolute Gasteiger partial charge is 0.455 e. The van der Waals surface area contributed by atoms with Crippen molar-refractivity contribution < 1.29 is 4.42 Å². The van der Waals surface area contributed by atoms with Gasteiger partial charge in [0, 0.05) is 21.7 Å². The maximum absolute atomic E-state index is 6.79. The number of fused-ring (bicyclic) bond motifs is 9. The maximum Gasteiger partial charge on any atom is 0.145 e. The van der Waals surface area contributed by atoms with Crippen molar-refractivity contribution in [2.45, 2.75) is 0 Å². The van der Waals surface area contributed by atoms with Crippen LogP contribution in [0.3, 0.4) is 0 Å². The summed E-state index contributed by atoms with van der Waals surface area (Å²) in [4.78, 5) is 2.49. The van der Waals surface area contributed by atoms with Crippen molar-refractivity contribution in [1.82, 2.24) is 0 Å². The third kappa shape index (κ3) is 4.00. The van der Waals surface area contributed by atoms with E-state index in [9.17, 15) is 0 Å². The Bertz CT molecular complexity index is 2730. The van der Waals surface area contributed by atoms with Gasteiger partial charge in [-0.05, 0) is 68.2 Å². The Morgan fingerprint density at radius 2 is 0.833 bits per heavy atom. The molecule has 9 aromatic carbocycles. The van der Waals surface area contributed by atoms with Gasteiger partial charge in [-0.25, -0.2) is 0 Å². The summed E-state index contributed by atoms with van der Waals surface area (Å²) in [6, 6.07) is 63.3. The van der Waals surface area contributed by atoms with Crippen molar-refractivity contribution in [1.29, 1.82) is 0 Å². The molecule has 0 fully saturated rings. The van der Waals surface area contributed by atoms with Crippen LogP contribution < -0.4 is 4.90 Å². The molecule has 0 aliphatic rings. The Morgan fingerprint density at radius 3 is 1.44 bits per heavy atom. The molecule has 0 bridgehead atoms. The first-order valence-corrected chi connectivity index (χ1v) is 16.4. The Hall–Kier alpha value is -6.38. The molecule has 0 aliphatic carbocycles. The van der Waals surface area contributed by atoms with E-state index in [1.54, 1.807) is 0 Å². The zero-order valence-corrected chi connectivity index (χ0v) is 26.1. The predicted octanol–water partition coefficient (Wildman–Crippen LogP) is 13.3. The van der Waals surface area contributed by atoms with Crippen molar-refractivity contribution in [3.05, 3.63) is 176 Å². The topological polar surface area (TPSA) is 16.4 Å². The van der Waals surface area contributed by atoms with Crippen LogP contribution in [0.1, 0.15) is 0 Å². The molecule has 0 radical (unpaired) electrons. The smallest absolute Gasteiger partial charge is 0.145 e. The molecule has 0 spiro atoms. The number of hydrogen-bond acceptors (Lipinski definition) is 2. The number of benzene rings is 9. The van der Waals surface area contributed by atoms with Crippen LogP contribution in [0.5, 0.6) is 0 Å². The van der Waals surface area contributed by atoms with Crippen LogP contribution in [0, 0.1) is 0 Å². The second-order valence-corrected chi connectivity index (χ2v) is 12.5. The lowest BCUT2D eigenvalue weighted by Gasteiger charge is -2.30. The summed E-state index contributed by atoms with van der Waals surface area (Å²) >= 11 is 0. The van der Waals surface area contributed by atoms with E-state index in [0.717, 1.165) is 50.1 Å². The lowest BCUT2D eigenvalue weighted by atomic mass is 9.95. The number of furan rings is 1. The number of anilines is 3. The van der Waals surface area contributed by atoms with E-state index in [0.29, 0.717) is 0 Å². The number of para-hydroxylation sites is 1. The first-order chi connectivity index (χ1) is 23.8. The van der Waals surface area contributed by atoms with E-state index in [4.69, 9.17) is 4.42 Å². The fourth-order valence-electron chi connectivity index (χ4n) is 7.67. The van der Waals surface area contributed by atoms with E-state index < -0.39 is 0 Å². The molecule has 0 N–H and O–H groups in total. The zero-order chi connectivity index (χ0) is 31.6. The minimum atomic E-state index is 0.879. The van der Waals surface area contributed by atoms with Crippen LogP contribution in [0.15, 0.2) is 180 Å². The second-order valence-electron chi connectivity index (χ2n) is 12.5. The summed E-state index contributed by atoms with van der Waals surface area (Å²) in [7, 11) is 0. The molecule has 48 heavy (non-hydrogen) atoms.